The summed E-state index contributed by atoms with van der Waals surface area (Å²) in [5.74, 6) is -2.12. The third-order valence-corrected chi connectivity index (χ3v) is 7.07. The van der Waals surface area contributed by atoms with Crippen molar-refractivity contribution >= 4 is 40.9 Å². The maximum Gasteiger partial charge on any atom is 0.153 e. The SMILES string of the molecule is Cc1nc2cc(F)c(-c3cnc(P(C)(C)=O)c(F)c3)nc2c(NCc2cc(C#N)ccc2F)c1Cl. The molecule has 0 amide bonds. The largest absolute Gasteiger partial charge is 0.378 e. The third kappa shape index (κ3) is 4.86. The molecular weight excluding hydrogens is 498 g/mol. The van der Waals surface area contributed by atoms with Crippen LogP contribution in [0.4, 0.5) is 18.9 Å². The van der Waals surface area contributed by atoms with E-state index in [1.165, 1.54) is 37.7 Å². The van der Waals surface area contributed by atoms with E-state index in [2.05, 4.69) is 20.3 Å². The van der Waals surface area contributed by atoms with Gasteiger partial charge in [-0.25, -0.2) is 28.1 Å². The summed E-state index contributed by atoms with van der Waals surface area (Å²) in [5.41, 5.74) is 1.16. The molecule has 0 aliphatic rings. The molecule has 0 saturated carbocycles. The number of nitrogens with one attached hydrogen (secondary N) is 1. The van der Waals surface area contributed by atoms with E-state index in [0.717, 1.165) is 12.1 Å². The number of hydrogen-bond acceptors (Lipinski definition) is 6. The summed E-state index contributed by atoms with van der Waals surface area (Å²) in [5, 5.41) is 12.3. The fourth-order valence-electron chi connectivity index (χ4n) is 3.55. The molecule has 0 aliphatic heterocycles. The second kappa shape index (κ2) is 9.29. The first kappa shape index (κ1) is 24.6. The Labute approximate surface area is 204 Å². The number of aryl methyl sites for hydroxylation is 1. The van der Waals surface area contributed by atoms with Crippen LogP contribution in [0.25, 0.3) is 22.3 Å². The average molecular weight is 516 g/mol. The van der Waals surface area contributed by atoms with Crippen molar-refractivity contribution < 1.29 is 17.7 Å². The van der Waals surface area contributed by atoms with Gasteiger partial charge in [-0.1, -0.05) is 11.6 Å². The summed E-state index contributed by atoms with van der Waals surface area (Å²) in [7, 11) is -2.97. The number of anilines is 1. The number of halogens is 4. The molecule has 0 atom stereocenters. The predicted octanol–water partition coefficient (Wildman–Crippen LogP) is 5.80. The van der Waals surface area contributed by atoms with Crippen molar-refractivity contribution in [3.63, 3.8) is 0 Å². The van der Waals surface area contributed by atoms with Crippen LogP contribution in [0.5, 0.6) is 0 Å². The molecular formula is C24H18ClF3N5OP. The van der Waals surface area contributed by atoms with Crippen molar-refractivity contribution in [3.05, 3.63) is 75.8 Å². The van der Waals surface area contributed by atoms with Gasteiger partial charge < -0.3 is 9.88 Å². The van der Waals surface area contributed by atoms with E-state index < -0.39 is 24.6 Å². The number of benzene rings is 1. The molecule has 11 heteroatoms. The summed E-state index contributed by atoms with van der Waals surface area (Å²) in [6.07, 6.45) is 1.20. The molecule has 0 spiro atoms. The topological polar surface area (TPSA) is 91.6 Å². The number of aromatic nitrogens is 3. The number of fused-ring (bicyclic) bond motifs is 1. The van der Waals surface area contributed by atoms with Crippen molar-refractivity contribution in [2.45, 2.75) is 13.5 Å². The summed E-state index contributed by atoms with van der Waals surface area (Å²) < 4.78 is 56.1. The van der Waals surface area contributed by atoms with E-state index >= 15 is 0 Å². The van der Waals surface area contributed by atoms with Gasteiger partial charge in [0.1, 0.15) is 29.6 Å². The van der Waals surface area contributed by atoms with Crippen LogP contribution in [-0.4, -0.2) is 28.3 Å². The van der Waals surface area contributed by atoms with Crippen LogP contribution in [0.3, 0.4) is 0 Å². The minimum absolute atomic E-state index is 0.0366. The van der Waals surface area contributed by atoms with Crippen LogP contribution in [0, 0.1) is 35.7 Å². The van der Waals surface area contributed by atoms with Crippen molar-refractivity contribution in [1.82, 2.24) is 15.0 Å². The Morgan fingerprint density at radius 2 is 1.83 bits per heavy atom. The van der Waals surface area contributed by atoms with Gasteiger partial charge in [-0.15, -0.1) is 0 Å². The minimum atomic E-state index is -2.97. The average Bonchev–Trinajstić information content (AvgIpc) is 2.79. The molecule has 0 unspecified atom stereocenters. The minimum Gasteiger partial charge on any atom is -0.378 e. The molecule has 0 fully saturated rings. The van der Waals surface area contributed by atoms with Crippen molar-refractivity contribution in [1.29, 1.82) is 5.26 Å². The van der Waals surface area contributed by atoms with Crippen LogP contribution in [0.1, 0.15) is 16.8 Å². The van der Waals surface area contributed by atoms with E-state index in [1.807, 2.05) is 6.07 Å². The molecule has 3 heterocycles. The van der Waals surface area contributed by atoms with Gasteiger partial charge in [0.25, 0.3) is 0 Å². The predicted molar refractivity (Wildman–Crippen MR) is 130 cm³/mol. The Hall–Kier alpha value is -3.47. The summed E-state index contributed by atoms with van der Waals surface area (Å²) in [6.45, 7) is 4.36. The lowest BCUT2D eigenvalue weighted by Gasteiger charge is -2.15. The van der Waals surface area contributed by atoms with Gasteiger partial charge in [0.2, 0.25) is 0 Å². The van der Waals surface area contributed by atoms with Gasteiger partial charge in [0, 0.05) is 29.9 Å². The molecule has 35 heavy (non-hydrogen) atoms. The van der Waals surface area contributed by atoms with Crippen LogP contribution in [0.15, 0.2) is 36.5 Å². The van der Waals surface area contributed by atoms with Gasteiger partial charge in [-0.2, -0.15) is 5.26 Å². The van der Waals surface area contributed by atoms with E-state index in [4.69, 9.17) is 16.9 Å². The molecule has 0 bridgehead atoms. The Morgan fingerprint density at radius 1 is 1.09 bits per heavy atom. The summed E-state index contributed by atoms with van der Waals surface area (Å²) in [6, 6.07) is 8.08. The maximum absolute atomic E-state index is 15.0. The van der Waals surface area contributed by atoms with Gasteiger partial charge in [-0.05, 0) is 44.5 Å². The van der Waals surface area contributed by atoms with Crippen LogP contribution >= 0.6 is 18.7 Å². The van der Waals surface area contributed by atoms with Crippen molar-refractivity contribution in [2.24, 2.45) is 0 Å². The lowest BCUT2D eigenvalue weighted by molar-refractivity contribution is 0.583. The molecule has 4 rings (SSSR count). The van der Waals surface area contributed by atoms with Gasteiger partial charge in [0.05, 0.1) is 33.6 Å². The van der Waals surface area contributed by atoms with Crippen LogP contribution in [-0.2, 0) is 11.1 Å². The molecule has 6 nitrogen and oxygen atoms in total. The monoisotopic (exact) mass is 515 g/mol. The highest BCUT2D eigenvalue weighted by molar-refractivity contribution is 7.69. The first-order chi connectivity index (χ1) is 16.5. The first-order valence-corrected chi connectivity index (χ1v) is 13.3. The zero-order valence-electron chi connectivity index (χ0n) is 18.8. The highest BCUT2D eigenvalue weighted by atomic mass is 35.5. The highest BCUT2D eigenvalue weighted by Crippen LogP contribution is 2.37. The number of nitriles is 1. The van der Waals surface area contributed by atoms with E-state index in [0.29, 0.717) is 5.69 Å². The Morgan fingerprint density at radius 3 is 2.49 bits per heavy atom. The molecule has 1 aromatic carbocycles. The number of nitrogens with zero attached hydrogens (tertiary/aromatic N) is 4. The number of rotatable bonds is 5. The molecule has 0 saturated heterocycles. The third-order valence-electron chi connectivity index (χ3n) is 5.25. The van der Waals surface area contributed by atoms with Crippen LogP contribution in [0.2, 0.25) is 5.02 Å². The fraction of sp³-hybridized carbons (Fsp3) is 0.167. The number of pyridine rings is 3. The quantitative estimate of drug-likeness (QED) is 0.338. The normalized spacial score (nSPS) is 11.5. The van der Waals surface area contributed by atoms with Crippen LogP contribution < -0.4 is 10.8 Å². The molecule has 3 aromatic heterocycles. The highest BCUT2D eigenvalue weighted by Gasteiger charge is 2.22. The standard InChI is InChI=1S/C24H18ClF3N5OP/c1-12-20(25)23(30-10-14-6-13(9-29)4-5-16(14)26)22-19(32-12)8-17(27)21(33-22)15-7-18(28)24(31-11-15)35(2,3)34/h4-8,11H,10H2,1-3H3,(H,30,32). The molecule has 1 N–H and O–H groups in total. The van der Waals surface area contributed by atoms with E-state index in [9.17, 15) is 17.7 Å². The summed E-state index contributed by atoms with van der Waals surface area (Å²) >= 11 is 6.46. The second-order valence-electron chi connectivity index (χ2n) is 8.22. The molecule has 0 aliphatic carbocycles. The van der Waals surface area contributed by atoms with Gasteiger partial charge >= 0.3 is 0 Å². The van der Waals surface area contributed by atoms with Crippen molar-refractivity contribution in [2.75, 3.05) is 18.6 Å². The lowest BCUT2D eigenvalue weighted by Crippen LogP contribution is -2.13. The molecule has 178 valence electrons. The first-order valence-electron chi connectivity index (χ1n) is 10.3. The molecule has 4 aromatic rings. The Balaban J connectivity index is 1.83. The van der Waals surface area contributed by atoms with Gasteiger partial charge in [-0.3, -0.25) is 0 Å². The Bertz CT molecular complexity index is 1580. The van der Waals surface area contributed by atoms with Gasteiger partial charge in [0.15, 0.2) is 11.6 Å². The molecule has 0 radical (unpaired) electrons. The second-order valence-corrected chi connectivity index (χ2v) is 11.7. The van der Waals surface area contributed by atoms with E-state index in [-0.39, 0.29) is 56.1 Å². The maximum atomic E-state index is 15.0. The van der Waals surface area contributed by atoms with Crippen molar-refractivity contribution in [3.8, 4) is 17.3 Å². The van der Waals surface area contributed by atoms with E-state index in [1.54, 1.807) is 6.92 Å². The smallest absolute Gasteiger partial charge is 0.153 e. The zero-order valence-corrected chi connectivity index (χ0v) is 20.5. The number of hydrogen-bond donors (Lipinski definition) is 1. The zero-order chi connectivity index (χ0) is 25.5. The Kier molecular flexibility index (Phi) is 6.54. The summed E-state index contributed by atoms with van der Waals surface area (Å²) in [4.78, 5) is 12.6. The fourth-order valence-corrected chi connectivity index (χ4v) is 4.66. The lowest BCUT2D eigenvalue weighted by atomic mass is 10.1.